The average Bonchev–Trinajstić information content (AvgIpc) is 3.41. The largest absolute Gasteiger partial charge is 0.394 e. The van der Waals surface area contributed by atoms with E-state index < -0.39 is 41.0 Å². The smallest absolute Gasteiger partial charge is 0.250 e. The highest BCUT2D eigenvalue weighted by Crippen LogP contribution is 2.64. The summed E-state index contributed by atoms with van der Waals surface area (Å²) in [6, 6.07) is 3.79. The van der Waals surface area contributed by atoms with Gasteiger partial charge in [-0.3, -0.25) is 14.4 Å². The summed E-state index contributed by atoms with van der Waals surface area (Å²) in [7, 11) is 1.55. The number of likely N-dealkylation sites (tertiary alicyclic amines) is 1. The molecule has 2 unspecified atom stereocenters. The predicted octanol–water partition coefficient (Wildman–Crippen LogP) is 2.26. The zero-order valence-electron chi connectivity index (χ0n) is 19.5. The monoisotopic (exact) mass is 477 g/mol. The van der Waals surface area contributed by atoms with Crippen molar-refractivity contribution in [2.24, 2.45) is 11.8 Å². The molecule has 3 N–H and O–H groups in total. The Hall–Kier alpha value is -2.16. The lowest BCUT2D eigenvalue weighted by Crippen LogP contribution is -2.56. The van der Waals surface area contributed by atoms with Crippen LogP contribution in [0.2, 0.25) is 5.02 Å². The van der Waals surface area contributed by atoms with Crippen LogP contribution in [0.4, 0.5) is 5.69 Å². The van der Waals surface area contributed by atoms with Crippen molar-refractivity contribution in [2.75, 3.05) is 19.0 Å². The van der Waals surface area contributed by atoms with Gasteiger partial charge in [0.05, 0.1) is 40.8 Å². The topological polar surface area (TPSA) is 108 Å². The maximum Gasteiger partial charge on any atom is 0.250 e. The molecule has 0 radical (unpaired) electrons. The third kappa shape index (κ3) is 3.29. The van der Waals surface area contributed by atoms with Crippen LogP contribution in [0, 0.1) is 18.8 Å². The number of hydrogen-bond acceptors (Lipinski definition) is 5. The van der Waals surface area contributed by atoms with Crippen LogP contribution in [0.3, 0.4) is 0 Å². The van der Waals surface area contributed by atoms with Gasteiger partial charge in [-0.05, 0) is 44.2 Å². The quantitative estimate of drug-likeness (QED) is 0.558. The number of rotatable bonds is 7. The number of carbonyl (C=O) groups is 3. The molecule has 3 amide bonds. The van der Waals surface area contributed by atoms with Gasteiger partial charge in [-0.1, -0.05) is 37.6 Å². The van der Waals surface area contributed by atoms with Crippen molar-refractivity contribution in [3.05, 3.63) is 28.8 Å². The van der Waals surface area contributed by atoms with Gasteiger partial charge in [0, 0.05) is 7.05 Å². The molecule has 180 valence electrons. The number of benzene rings is 1. The summed E-state index contributed by atoms with van der Waals surface area (Å²) in [4.78, 5) is 42.2. The van der Waals surface area contributed by atoms with E-state index in [9.17, 15) is 19.5 Å². The normalized spacial score (nSPS) is 33.2. The highest BCUT2D eigenvalue weighted by atomic mass is 35.5. The number of fused-ring (bicyclic) bond motifs is 1. The molecular formula is C24H32ClN3O5. The lowest BCUT2D eigenvalue weighted by Gasteiger charge is -2.37. The Balaban J connectivity index is 1.82. The molecule has 3 heterocycles. The molecule has 4 rings (SSSR count). The van der Waals surface area contributed by atoms with Crippen molar-refractivity contribution in [3.63, 3.8) is 0 Å². The molecule has 6 atom stereocenters. The van der Waals surface area contributed by atoms with Crippen LogP contribution in [0.25, 0.3) is 0 Å². The zero-order valence-corrected chi connectivity index (χ0v) is 20.2. The molecule has 0 aliphatic carbocycles. The SMILES string of the molecule is CC[C@@H](CO)N1C(=O)[C@@H]2[C@H](C(=O)NC)[C@]3(CC)CCC2(O3)C1C(=O)Nc1c(C)cccc1Cl. The summed E-state index contributed by atoms with van der Waals surface area (Å²) in [5, 5.41) is 16.1. The fourth-order valence-corrected chi connectivity index (χ4v) is 6.57. The van der Waals surface area contributed by atoms with Crippen molar-refractivity contribution in [2.45, 2.75) is 69.7 Å². The number of nitrogens with one attached hydrogen (secondary N) is 2. The van der Waals surface area contributed by atoms with Crippen molar-refractivity contribution in [1.82, 2.24) is 10.2 Å². The third-order valence-electron chi connectivity index (χ3n) is 7.94. The molecule has 3 saturated heterocycles. The van der Waals surface area contributed by atoms with Crippen LogP contribution >= 0.6 is 11.6 Å². The zero-order chi connectivity index (χ0) is 24.1. The molecule has 1 spiro atoms. The van der Waals surface area contributed by atoms with Crippen molar-refractivity contribution >= 4 is 35.0 Å². The Morgan fingerprint density at radius 1 is 1.30 bits per heavy atom. The first-order chi connectivity index (χ1) is 15.7. The molecular weight excluding hydrogens is 446 g/mol. The number of hydrogen-bond donors (Lipinski definition) is 3. The minimum atomic E-state index is -1.13. The van der Waals surface area contributed by atoms with E-state index in [1.54, 1.807) is 19.2 Å². The number of aliphatic hydroxyl groups is 1. The molecule has 9 heteroatoms. The minimum absolute atomic E-state index is 0.253. The van der Waals surface area contributed by atoms with Gasteiger partial charge >= 0.3 is 0 Å². The minimum Gasteiger partial charge on any atom is -0.394 e. The first kappa shape index (κ1) is 24.0. The Bertz CT molecular complexity index is 963. The van der Waals surface area contributed by atoms with Gasteiger partial charge in [-0.25, -0.2) is 0 Å². The second-order valence-electron chi connectivity index (χ2n) is 9.36. The molecule has 8 nitrogen and oxygen atoms in total. The van der Waals surface area contributed by atoms with Gasteiger partial charge < -0.3 is 25.4 Å². The van der Waals surface area contributed by atoms with Crippen molar-refractivity contribution < 1.29 is 24.2 Å². The van der Waals surface area contributed by atoms with Crippen LogP contribution in [0.5, 0.6) is 0 Å². The van der Waals surface area contributed by atoms with Gasteiger partial charge in [0.2, 0.25) is 17.7 Å². The van der Waals surface area contributed by atoms with E-state index in [4.69, 9.17) is 16.3 Å². The summed E-state index contributed by atoms with van der Waals surface area (Å²) in [5.74, 6) is -2.45. The highest BCUT2D eigenvalue weighted by Gasteiger charge is 2.79. The average molecular weight is 478 g/mol. The lowest BCUT2D eigenvalue weighted by atomic mass is 9.65. The fraction of sp³-hybridized carbons (Fsp3) is 0.625. The highest BCUT2D eigenvalue weighted by molar-refractivity contribution is 6.34. The first-order valence-electron chi connectivity index (χ1n) is 11.6. The van der Waals surface area contributed by atoms with E-state index in [-0.39, 0.29) is 18.4 Å². The number of aliphatic hydroxyl groups excluding tert-OH is 1. The summed E-state index contributed by atoms with van der Waals surface area (Å²) in [5.41, 5.74) is -0.646. The van der Waals surface area contributed by atoms with Gasteiger partial charge in [0.15, 0.2) is 0 Å². The number of carbonyl (C=O) groups excluding carboxylic acids is 3. The lowest BCUT2D eigenvalue weighted by molar-refractivity contribution is -0.149. The number of para-hydroxylation sites is 1. The number of halogens is 1. The molecule has 0 aromatic heterocycles. The number of ether oxygens (including phenoxy) is 1. The molecule has 0 saturated carbocycles. The molecule has 1 aromatic rings. The number of aryl methyl sites for hydroxylation is 1. The Labute approximate surface area is 199 Å². The molecule has 1 aromatic carbocycles. The third-order valence-corrected chi connectivity index (χ3v) is 8.26. The van der Waals surface area contributed by atoms with E-state index in [1.807, 2.05) is 26.8 Å². The Morgan fingerprint density at radius 3 is 2.61 bits per heavy atom. The van der Waals surface area contributed by atoms with Gasteiger partial charge in [-0.2, -0.15) is 0 Å². The second kappa shape index (κ2) is 8.56. The Kier molecular flexibility index (Phi) is 6.22. The summed E-state index contributed by atoms with van der Waals surface area (Å²) in [6.07, 6.45) is 2.10. The van der Waals surface area contributed by atoms with E-state index in [2.05, 4.69) is 10.6 Å². The standard InChI is InChI=1S/C24H32ClN3O5/c1-5-14(12-29)28-19(21(31)27-18-13(3)8-7-9-15(18)25)24-11-10-23(6-2,33-24)16(20(30)26-4)17(24)22(28)32/h7-9,14,16-17,19,29H,5-6,10-12H2,1-4H3,(H,26,30)(H,27,31)/t14-,16+,17-,19?,23-,24?/m0/s1. The fourth-order valence-electron chi connectivity index (χ4n) is 6.30. The molecule has 2 bridgehead atoms. The summed E-state index contributed by atoms with van der Waals surface area (Å²) >= 11 is 6.36. The van der Waals surface area contributed by atoms with Crippen LogP contribution < -0.4 is 10.6 Å². The Morgan fingerprint density at radius 2 is 2.03 bits per heavy atom. The molecule has 3 fully saturated rings. The predicted molar refractivity (Wildman–Crippen MR) is 124 cm³/mol. The summed E-state index contributed by atoms with van der Waals surface area (Å²) in [6.45, 7) is 5.36. The van der Waals surface area contributed by atoms with Gasteiger partial charge in [0.25, 0.3) is 0 Å². The number of amides is 3. The van der Waals surface area contributed by atoms with Crippen molar-refractivity contribution in [1.29, 1.82) is 0 Å². The maximum absolute atomic E-state index is 13.9. The second-order valence-corrected chi connectivity index (χ2v) is 9.77. The van der Waals surface area contributed by atoms with Crippen molar-refractivity contribution in [3.8, 4) is 0 Å². The van der Waals surface area contributed by atoms with Gasteiger partial charge in [-0.15, -0.1) is 0 Å². The molecule has 3 aliphatic rings. The molecule has 3 aliphatic heterocycles. The van der Waals surface area contributed by atoms with Crippen LogP contribution in [-0.4, -0.2) is 64.7 Å². The maximum atomic E-state index is 13.9. The van der Waals surface area contributed by atoms with Crippen LogP contribution in [0.1, 0.15) is 45.1 Å². The van der Waals surface area contributed by atoms with E-state index in [1.165, 1.54) is 4.90 Å². The summed E-state index contributed by atoms with van der Waals surface area (Å²) < 4.78 is 6.63. The first-order valence-corrected chi connectivity index (χ1v) is 12.0. The van der Waals surface area contributed by atoms with Crippen LogP contribution in [-0.2, 0) is 19.1 Å². The van der Waals surface area contributed by atoms with E-state index in [0.717, 1.165) is 5.56 Å². The molecule has 33 heavy (non-hydrogen) atoms. The number of anilines is 1. The van der Waals surface area contributed by atoms with E-state index in [0.29, 0.717) is 36.4 Å². The van der Waals surface area contributed by atoms with E-state index >= 15 is 0 Å². The van der Waals surface area contributed by atoms with Crippen LogP contribution in [0.15, 0.2) is 18.2 Å². The number of nitrogens with zero attached hydrogens (tertiary/aromatic N) is 1. The van der Waals surface area contributed by atoms with Gasteiger partial charge in [0.1, 0.15) is 11.6 Å².